The van der Waals surface area contributed by atoms with E-state index in [2.05, 4.69) is 6.92 Å². The second kappa shape index (κ2) is 8.51. The molecule has 1 fully saturated rings. The number of carbonyl (C=O) groups is 1. The molecule has 0 aromatic heterocycles. The Kier molecular flexibility index (Phi) is 7.25. The molecule has 1 atom stereocenters. The van der Waals surface area contributed by atoms with Crippen LogP contribution in [0.2, 0.25) is 0 Å². The van der Waals surface area contributed by atoms with Gasteiger partial charge in [-0.15, -0.1) is 0 Å². The van der Waals surface area contributed by atoms with Gasteiger partial charge in [-0.05, 0) is 19.3 Å². The predicted molar refractivity (Wildman–Crippen MR) is 69.6 cm³/mol. The van der Waals surface area contributed by atoms with Crippen molar-refractivity contribution in [2.24, 2.45) is 0 Å². The van der Waals surface area contributed by atoms with Crippen molar-refractivity contribution in [1.29, 1.82) is 0 Å². The number of carbonyl (C=O) groups excluding carboxylic acids is 1. The number of amides is 1. The summed E-state index contributed by atoms with van der Waals surface area (Å²) in [5.74, 6) is 0.125. The molecule has 0 aromatic rings. The number of hydrogen-bond acceptors (Lipinski definition) is 2. The van der Waals surface area contributed by atoms with E-state index in [1.54, 1.807) is 4.90 Å². The molecule has 3 heteroatoms. The van der Waals surface area contributed by atoms with Crippen molar-refractivity contribution in [3.05, 3.63) is 0 Å². The van der Waals surface area contributed by atoms with E-state index in [9.17, 15) is 9.90 Å². The third kappa shape index (κ3) is 5.53. The van der Waals surface area contributed by atoms with Crippen molar-refractivity contribution in [1.82, 2.24) is 4.90 Å². The molecule has 0 aromatic carbocycles. The summed E-state index contributed by atoms with van der Waals surface area (Å²) in [6.45, 7) is 2.97. The van der Waals surface area contributed by atoms with Gasteiger partial charge in [0.15, 0.2) is 0 Å². The molecule has 1 unspecified atom stereocenters. The van der Waals surface area contributed by atoms with Gasteiger partial charge in [0.05, 0.1) is 0 Å². The summed E-state index contributed by atoms with van der Waals surface area (Å²) in [7, 11) is 0. The van der Waals surface area contributed by atoms with Crippen LogP contribution in [0.25, 0.3) is 0 Å². The first-order chi connectivity index (χ1) is 8.25. The molecule has 1 rings (SSSR count). The van der Waals surface area contributed by atoms with Gasteiger partial charge in [-0.3, -0.25) is 4.79 Å². The molecule has 1 heterocycles. The van der Waals surface area contributed by atoms with Gasteiger partial charge < -0.3 is 10.0 Å². The summed E-state index contributed by atoms with van der Waals surface area (Å²) in [5, 5.41) is 9.87. The van der Waals surface area contributed by atoms with E-state index in [-0.39, 0.29) is 5.91 Å². The predicted octanol–water partition coefficient (Wildman–Crippen LogP) is 3.07. The highest BCUT2D eigenvalue weighted by atomic mass is 16.3. The highest BCUT2D eigenvalue weighted by Gasteiger charge is 2.25. The minimum Gasteiger partial charge on any atom is -0.374 e. The lowest BCUT2D eigenvalue weighted by Gasteiger charge is -2.22. The van der Waals surface area contributed by atoms with Gasteiger partial charge in [0.25, 0.3) is 0 Å². The van der Waals surface area contributed by atoms with Crippen LogP contribution in [0.4, 0.5) is 0 Å². The average Bonchev–Trinajstić information content (AvgIpc) is 2.74. The first kappa shape index (κ1) is 14.5. The minimum atomic E-state index is -0.527. The van der Waals surface area contributed by atoms with Gasteiger partial charge in [-0.25, -0.2) is 0 Å². The fraction of sp³-hybridized carbons (Fsp3) is 0.929. The van der Waals surface area contributed by atoms with E-state index >= 15 is 0 Å². The number of unbranched alkanes of at least 4 members (excludes halogenated alkanes) is 6. The highest BCUT2D eigenvalue weighted by molar-refractivity contribution is 5.78. The Hall–Kier alpha value is -0.570. The summed E-state index contributed by atoms with van der Waals surface area (Å²) in [5.41, 5.74) is 0. The van der Waals surface area contributed by atoms with E-state index in [1.807, 2.05) is 0 Å². The fourth-order valence-corrected chi connectivity index (χ4v) is 2.42. The molecule has 1 amide bonds. The number of aliphatic hydroxyl groups excluding tert-OH is 1. The van der Waals surface area contributed by atoms with Gasteiger partial charge >= 0.3 is 0 Å². The molecule has 100 valence electrons. The molecule has 0 radical (unpaired) electrons. The van der Waals surface area contributed by atoms with E-state index in [1.165, 1.54) is 38.5 Å². The van der Waals surface area contributed by atoms with Crippen LogP contribution in [0.5, 0.6) is 0 Å². The van der Waals surface area contributed by atoms with Crippen molar-refractivity contribution in [3.8, 4) is 0 Å². The Balaban J connectivity index is 1.96. The lowest BCUT2D eigenvalue weighted by atomic mass is 10.1. The largest absolute Gasteiger partial charge is 0.374 e. The third-order valence-electron chi connectivity index (χ3n) is 3.54. The lowest BCUT2D eigenvalue weighted by Crippen LogP contribution is -2.35. The summed E-state index contributed by atoms with van der Waals surface area (Å²) < 4.78 is 0. The standard InChI is InChI=1S/C14H27NO2/c1-2-3-4-5-6-7-8-10-13(16)15-12-9-11-14(15)17/h13,16H,2-12H2,1H3. The zero-order valence-electron chi connectivity index (χ0n) is 11.2. The van der Waals surface area contributed by atoms with Crippen LogP contribution in [0.15, 0.2) is 0 Å². The zero-order valence-corrected chi connectivity index (χ0v) is 11.2. The maximum atomic E-state index is 11.4. The van der Waals surface area contributed by atoms with Crippen molar-refractivity contribution in [2.45, 2.75) is 77.4 Å². The third-order valence-corrected chi connectivity index (χ3v) is 3.54. The van der Waals surface area contributed by atoms with Crippen molar-refractivity contribution >= 4 is 5.91 Å². The van der Waals surface area contributed by atoms with Crippen molar-refractivity contribution < 1.29 is 9.90 Å². The van der Waals surface area contributed by atoms with Crippen LogP contribution in [-0.4, -0.2) is 28.7 Å². The maximum Gasteiger partial charge on any atom is 0.224 e. The van der Waals surface area contributed by atoms with Gasteiger partial charge in [0.2, 0.25) is 5.91 Å². The lowest BCUT2D eigenvalue weighted by molar-refractivity contribution is -0.136. The number of hydrogen-bond donors (Lipinski definition) is 1. The van der Waals surface area contributed by atoms with E-state index in [0.29, 0.717) is 6.42 Å². The number of aliphatic hydroxyl groups is 1. The Labute approximate surface area is 105 Å². The Morgan fingerprint density at radius 2 is 1.82 bits per heavy atom. The van der Waals surface area contributed by atoms with Crippen LogP contribution in [0.1, 0.15) is 71.1 Å². The molecule has 1 aliphatic rings. The van der Waals surface area contributed by atoms with Gasteiger partial charge in [0, 0.05) is 13.0 Å². The minimum absolute atomic E-state index is 0.125. The first-order valence-corrected chi connectivity index (χ1v) is 7.23. The van der Waals surface area contributed by atoms with Crippen LogP contribution < -0.4 is 0 Å². The zero-order chi connectivity index (χ0) is 12.5. The first-order valence-electron chi connectivity index (χ1n) is 7.23. The van der Waals surface area contributed by atoms with Crippen LogP contribution in [0.3, 0.4) is 0 Å². The van der Waals surface area contributed by atoms with Gasteiger partial charge in [-0.1, -0.05) is 45.4 Å². The molecule has 0 saturated carbocycles. The summed E-state index contributed by atoms with van der Waals surface area (Å²) in [6, 6.07) is 0. The van der Waals surface area contributed by atoms with Crippen molar-refractivity contribution in [3.63, 3.8) is 0 Å². The molecule has 17 heavy (non-hydrogen) atoms. The van der Waals surface area contributed by atoms with E-state index in [0.717, 1.165) is 25.8 Å². The molecular weight excluding hydrogens is 214 g/mol. The summed E-state index contributed by atoms with van der Waals surface area (Å²) >= 11 is 0. The highest BCUT2D eigenvalue weighted by Crippen LogP contribution is 2.16. The quantitative estimate of drug-likeness (QED) is 0.630. The second-order valence-corrected chi connectivity index (χ2v) is 5.08. The topological polar surface area (TPSA) is 40.5 Å². The molecule has 3 nitrogen and oxygen atoms in total. The average molecular weight is 241 g/mol. The van der Waals surface area contributed by atoms with Gasteiger partial charge in [0.1, 0.15) is 6.23 Å². The van der Waals surface area contributed by atoms with Gasteiger partial charge in [-0.2, -0.15) is 0 Å². The number of nitrogens with zero attached hydrogens (tertiary/aromatic N) is 1. The SMILES string of the molecule is CCCCCCCCCC(O)N1CCCC1=O. The number of rotatable bonds is 9. The fourth-order valence-electron chi connectivity index (χ4n) is 2.42. The Bertz CT molecular complexity index is 218. The molecule has 1 saturated heterocycles. The molecular formula is C14H27NO2. The van der Waals surface area contributed by atoms with E-state index in [4.69, 9.17) is 0 Å². The summed E-state index contributed by atoms with van der Waals surface area (Å²) in [4.78, 5) is 13.0. The number of likely N-dealkylation sites (tertiary alicyclic amines) is 1. The molecule has 1 N–H and O–H groups in total. The molecule has 0 spiro atoms. The van der Waals surface area contributed by atoms with Crippen LogP contribution in [-0.2, 0) is 4.79 Å². The monoisotopic (exact) mass is 241 g/mol. The van der Waals surface area contributed by atoms with Crippen LogP contribution in [0, 0.1) is 0 Å². The molecule has 1 aliphatic heterocycles. The molecule has 0 bridgehead atoms. The van der Waals surface area contributed by atoms with Crippen molar-refractivity contribution in [2.75, 3.05) is 6.54 Å². The van der Waals surface area contributed by atoms with E-state index < -0.39 is 6.23 Å². The Morgan fingerprint density at radius 3 is 2.41 bits per heavy atom. The summed E-state index contributed by atoms with van der Waals surface area (Å²) in [6.07, 6.45) is 10.5. The Morgan fingerprint density at radius 1 is 1.18 bits per heavy atom. The normalized spacial score (nSPS) is 17.8. The second-order valence-electron chi connectivity index (χ2n) is 5.08. The van der Waals surface area contributed by atoms with Crippen LogP contribution >= 0.6 is 0 Å². The molecule has 0 aliphatic carbocycles. The smallest absolute Gasteiger partial charge is 0.224 e. The maximum absolute atomic E-state index is 11.4.